The van der Waals surface area contributed by atoms with Gasteiger partial charge in [0.2, 0.25) is 0 Å². The highest BCUT2D eigenvalue weighted by Gasteiger charge is 2.27. The fraction of sp³-hybridized carbons (Fsp3) is 0.609. The quantitative estimate of drug-likeness (QED) is 0.488. The summed E-state index contributed by atoms with van der Waals surface area (Å²) in [5.74, 6) is 0.973. The van der Waals surface area contributed by atoms with Gasteiger partial charge in [-0.15, -0.1) is 61.0 Å². The standard InChI is InChI=1S/C23H35N5OS.4ClH/c1-3-10-27(18-8-9-19-22(17-18)30-23(24)25-19)14-11-26-12-15-28(16-13-26)20-6-4-5-7-21(20)29-2;;;;/h4-7,18H,3,8-17H2,1-2H3,(H2,24,25);4*1H/t18-;;;;/m1..../s1. The molecule has 2 aromatic rings. The van der Waals surface area contributed by atoms with Gasteiger partial charge in [0, 0.05) is 50.2 Å². The number of nitrogens with zero attached hydrogens (tertiary/aromatic N) is 4. The first-order valence-electron chi connectivity index (χ1n) is 11.3. The highest BCUT2D eigenvalue weighted by atomic mass is 35.5. The Morgan fingerprint density at radius 1 is 1.09 bits per heavy atom. The van der Waals surface area contributed by atoms with Gasteiger partial charge in [0.15, 0.2) is 5.13 Å². The molecule has 2 N–H and O–H groups in total. The van der Waals surface area contributed by atoms with Gasteiger partial charge in [0.05, 0.1) is 18.5 Å². The number of piperazine rings is 1. The Labute approximate surface area is 233 Å². The molecular weight excluding hydrogens is 536 g/mol. The van der Waals surface area contributed by atoms with E-state index in [4.69, 9.17) is 10.5 Å². The van der Waals surface area contributed by atoms with E-state index in [1.165, 1.54) is 35.6 Å². The minimum absolute atomic E-state index is 0. The minimum Gasteiger partial charge on any atom is -0.495 e. The molecule has 1 atom stereocenters. The molecule has 0 spiro atoms. The van der Waals surface area contributed by atoms with Crippen LogP contribution in [-0.4, -0.2) is 73.7 Å². The number of aryl methyl sites for hydroxylation is 1. The van der Waals surface area contributed by atoms with Gasteiger partial charge in [-0.25, -0.2) is 4.98 Å². The topological polar surface area (TPSA) is 57.9 Å². The number of methoxy groups -OCH3 is 1. The van der Waals surface area contributed by atoms with Crippen molar-refractivity contribution in [1.29, 1.82) is 0 Å². The highest BCUT2D eigenvalue weighted by molar-refractivity contribution is 7.15. The van der Waals surface area contributed by atoms with E-state index in [-0.39, 0.29) is 49.6 Å². The fourth-order valence-corrected chi connectivity index (χ4v) is 5.78. The van der Waals surface area contributed by atoms with E-state index < -0.39 is 0 Å². The summed E-state index contributed by atoms with van der Waals surface area (Å²) in [5.41, 5.74) is 8.41. The third-order valence-electron chi connectivity index (χ3n) is 6.46. The van der Waals surface area contributed by atoms with E-state index in [0.717, 1.165) is 63.0 Å². The number of hydrogen-bond acceptors (Lipinski definition) is 7. The van der Waals surface area contributed by atoms with Crippen LogP contribution in [0.2, 0.25) is 0 Å². The molecule has 11 heteroatoms. The van der Waals surface area contributed by atoms with Crippen molar-refractivity contribution in [1.82, 2.24) is 14.8 Å². The van der Waals surface area contributed by atoms with Gasteiger partial charge in [-0.3, -0.25) is 9.80 Å². The molecule has 0 unspecified atom stereocenters. The highest BCUT2D eigenvalue weighted by Crippen LogP contribution is 2.31. The second kappa shape index (κ2) is 16.1. The number of para-hydroxylation sites is 2. The van der Waals surface area contributed by atoms with Gasteiger partial charge in [-0.05, 0) is 44.4 Å². The number of ether oxygens (including phenoxy) is 1. The number of rotatable bonds is 8. The van der Waals surface area contributed by atoms with Crippen LogP contribution in [-0.2, 0) is 12.8 Å². The van der Waals surface area contributed by atoms with Gasteiger partial charge in [-0.1, -0.05) is 19.1 Å². The minimum atomic E-state index is 0. The van der Waals surface area contributed by atoms with Crippen molar-refractivity contribution in [3.8, 4) is 5.75 Å². The maximum Gasteiger partial charge on any atom is 0.180 e. The zero-order chi connectivity index (χ0) is 20.9. The largest absolute Gasteiger partial charge is 0.495 e. The predicted molar refractivity (Wildman–Crippen MR) is 155 cm³/mol. The van der Waals surface area contributed by atoms with Gasteiger partial charge < -0.3 is 15.4 Å². The molecule has 0 amide bonds. The lowest BCUT2D eigenvalue weighted by Gasteiger charge is -2.39. The number of benzene rings is 1. The van der Waals surface area contributed by atoms with Crippen molar-refractivity contribution in [2.24, 2.45) is 0 Å². The maximum atomic E-state index is 5.94. The molecule has 1 fully saturated rings. The molecule has 34 heavy (non-hydrogen) atoms. The van der Waals surface area contributed by atoms with Crippen molar-refractivity contribution in [3.63, 3.8) is 0 Å². The SMILES string of the molecule is CCCN(CCN1CCN(c2ccccc2OC)CC1)[C@@H]1CCc2nc(N)sc2C1.Cl.Cl.Cl.Cl. The molecule has 4 rings (SSSR count). The van der Waals surface area contributed by atoms with Crippen LogP contribution in [0.25, 0.3) is 0 Å². The van der Waals surface area contributed by atoms with E-state index in [1.54, 1.807) is 18.4 Å². The summed E-state index contributed by atoms with van der Waals surface area (Å²) in [4.78, 5) is 13.7. The van der Waals surface area contributed by atoms with Crippen molar-refractivity contribution in [2.45, 2.75) is 38.6 Å². The Morgan fingerprint density at radius 2 is 1.79 bits per heavy atom. The molecule has 6 nitrogen and oxygen atoms in total. The van der Waals surface area contributed by atoms with Gasteiger partial charge in [0.1, 0.15) is 5.75 Å². The Morgan fingerprint density at radius 3 is 2.47 bits per heavy atom. The lowest BCUT2D eigenvalue weighted by atomic mass is 9.96. The van der Waals surface area contributed by atoms with Crippen molar-refractivity contribution in [3.05, 3.63) is 34.8 Å². The van der Waals surface area contributed by atoms with Gasteiger partial charge in [-0.2, -0.15) is 0 Å². The van der Waals surface area contributed by atoms with Crippen LogP contribution in [0.3, 0.4) is 0 Å². The van der Waals surface area contributed by atoms with Crippen LogP contribution in [0, 0.1) is 0 Å². The molecule has 1 saturated heterocycles. The smallest absolute Gasteiger partial charge is 0.180 e. The molecular formula is C23H39Cl4N5OS. The zero-order valence-electron chi connectivity index (χ0n) is 20.0. The zero-order valence-corrected chi connectivity index (χ0v) is 24.1. The summed E-state index contributed by atoms with van der Waals surface area (Å²) in [7, 11) is 1.76. The average molecular weight is 575 g/mol. The maximum absolute atomic E-state index is 5.94. The molecule has 2 aliphatic rings. The monoisotopic (exact) mass is 573 g/mol. The van der Waals surface area contributed by atoms with Crippen molar-refractivity contribution in [2.75, 3.05) is 63.6 Å². The van der Waals surface area contributed by atoms with E-state index >= 15 is 0 Å². The molecule has 2 heterocycles. The summed E-state index contributed by atoms with van der Waals surface area (Å²) in [6.07, 6.45) is 4.60. The van der Waals surface area contributed by atoms with Crippen LogP contribution in [0.15, 0.2) is 24.3 Å². The molecule has 1 aliphatic heterocycles. The van der Waals surface area contributed by atoms with Crippen molar-refractivity contribution < 1.29 is 4.74 Å². The van der Waals surface area contributed by atoms with E-state index in [0.29, 0.717) is 6.04 Å². The lowest BCUT2D eigenvalue weighted by Crippen LogP contribution is -2.50. The third kappa shape index (κ3) is 8.19. The first-order chi connectivity index (χ1) is 14.7. The summed E-state index contributed by atoms with van der Waals surface area (Å²) in [6, 6.07) is 8.99. The summed E-state index contributed by atoms with van der Waals surface area (Å²) < 4.78 is 5.55. The Hall–Kier alpha value is -0.670. The lowest BCUT2D eigenvalue weighted by molar-refractivity contribution is 0.146. The molecule has 1 aromatic heterocycles. The predicted octanol–water partition coefficient (Wildman–Crippen LogP) is 4.81. The normalized spacial score (nSPS) is 17.5. The van der Waals surface area contributed by atoms with Gasteiger partial charge >= 0.3 is 0 Å². The average Bonchev–Trinajstić information content (AvgIpc) is 3.16. The van der Waals surface area contributed by atoms with E-state index in [1.807, 2.05) is 6.07 Å². The van der Waals surface area contributed by atoms with Crippen LogP contribution < -0.4 is 15.4 Å². The van der Waals surface area contributed by atoms with Crippen LogP contribution >= 0.6 is 61.0 Å². The molecule has 0 saturated carbocycles. The van der Waals surface area contributed by atoms with Crippen LogP contribution in [0.5, 0.6) is 5.75 Å². The molecule has 1 aromatic carbocycles. The number of nitrogen functional groups attached to an aromatic ring is 1. The fourth-order valence-electron chi connectivity index (χ4n) is 4.83. The second-order valence-electron chi connectivity index (χ2n) is 8.36. The first-order valence-corrected chi connectivity index (χ1v) is 12.1. The Kier molecular flexibility index (Phi) is 15.8. The molecule has 0 radical (unpaired) electrons. The van der Waals surface area contributed by atoms with Gasteiger partial charge in [0.25, 0.3) is 0 Å². The first kappa shape index (κ1) is 33.3. The van der Waals surface area contributed by atoms with Crippen molar-refractivity contribution >= 4 is 71.8 Å². The number of nitrogens with two attached hydrogens (primary N) is 1. The van der Waals surface area contributed by atoms with Crippen LogP contribution in [0.4, 0.5) is 10.8 Å². The second-order valence-corrected chi connectivity index (χ2v) is 9.47. The number of halogens is 4. The third-order valence-corrected chi connectivity index (χ3v) is 7.41. The Balaban J connectivity index is 0.00000272. The number of thiazole rings is 1. The van der Waals surface area contributed by atoms with Crippen LogP contribution in [0.1, 0.15) is 30.3 Å². The molecule has 1 aliphatic carbocycles. The summed E-state index contributed by atoms with van der Waals surface area (Å²) in [5, 5.41) is 0.732. The summed E-state index contributed by atoms with van der Waals surface area (Å²) >= 11 is 1.69. The van der Waals surface area contributed by atoms with E-state index in [9.17, 15) is 0 Å². The number of anilines is 2. The Bertz CT molecular complexity index is 835. The summed E-state index contributed by atoms with van der Waals surface area (Å²) in [6.45, 7) is 10.1. The number of fused-ring (bicyclic) bond motifs is 1. The number of hydrogen-bond donors (Lipinski definition) is 1. The van der Waals surface area contributed by atoms with E-state index in [2.05, 4.69) is 44.8 Å². The molecule has 0 bridgehead atoms. The number of aromatic nitrogens is 1. The molecule has 196 valence electrons.